The first-order chi connectivity index (χ1) is 13.5. The van der Waals surface area contributed by atoms with E-state index in [0.29, 0.717) is 6.07 Å². The Balaban J connectivity index is 1.54. The number of amides is 2. The first-order valence-corrected chi connectivity index (χ1v) is 8.53. The van der Waals surface area contributed by atoms with Gasteiger partial charge in [-0.1, -0.05) is 18.2 Å². The van der Waals surface area contributed by atoms with E-state index in [1.165, 1.54) is 0 Å². The minimum absolute atomic E-state index is 0.279. The lowest BCUT2D eigenvalue weighted by Crippen LogP contribution is -2.36. The molecule has 5 nitrogen and oxygen atoms in total. The second kappa shape index (κ2) is 8.47. The number of halogens is 2. The number of carbonyl (C=O) groups excluding carboxylic acids is 2. The highest BCUT2D eigenvalue weighted by atomic mass is 19.1. The molecule has 28 heavy (non-hydrogen) atoms. The lowest BCUT2D eigenvalue weighted by atomic mass is 10.1. The molecule has 2 N–H and O–H groups in total. The van der Waals surface area contributed by atoms with Gasteiger partial charge >= 0.3 is 0 Å². The maximum Gasteiger partial charge on any atom is 0.254 e. The summed E-state index contributed by atoms with van der Waals surface area (Å²) in [5, 5.41) is 7.02. The molecule has 3 aromatic rings. The Bertz CT molecular complexity index is 1040. The molecule has 7 heteroatoms. The third-order valence-corrected chi connectivity index (χ3v) is 4.19. The lowest BCUT2D eigenvalue weighted by molar-refractivity contribution is -0.120. The van der Waals surface area contributed by atoms with Crippen molar-refractivity contribution in [2.75, 3.05) is 13.7 Å². The van der Waals surface area contributed by atoms with Crippen molar-refractivity contribution in [1.29, 1.82) is 0 Å². The average molecular weight is 384 g/mol. The Morgan fingerprint density at radius 1 is 0.929 bits per heavy atom. The zero-order valence-corrected chi connectivity index (χ0v) is 15.1. The minimum atomic E-state index is -0.981. The molecule has 0 saturated carbocycles. The summed E-state index contributed by atoms with van der Waals surface area (Å²) in [5.41, 5.74) is 0.570. The Kier molecular flexibility index (Phi) is 5.84. The molecule has 0 aliphatic carbocycles. The van der Waals surface area contributed by atoms with E-state index in [9.17, 15) is 18.4 Å². The van der Waals surface area contributed by atoms with Crippen molar-refractivity contribution in [2.45, 2.75) is 6.54 Å². The summed E-state index contributed by atoms with van der Waals surface area (Å²) in [6, 6.07) is 14.1. The van der Waals surface area contributed by atoms with Crippen molar-refractivity contribution in [2.24, 2.45) is 0 Å². The second-order valence-corrected chi connectivity index (χ2v) is 6.13. The molecule has 3 rings (SSSR count). The largest absolute Gasteiger partial charge is 0.497 e. The van der Waals surface area contributed by atoms with Crippen LogP contribution in [0, 0.1) is 11.6 Å². The summed E-state index contributed by atoms with van der Waals surface area (Å²) in [5.74, 6) is -2.20. The molecule has 3 aromatic carbocycles. The van der Waals surface area contributed by atoms with Crippen LogP contribution in [-0.4, -0.2) is 25.5 Å². The van der Waals surface area contributed by atoms with Crippen molar-refractivity contribution >= 4 is 22.6 Å². The highest BCUT2D eigenvalue weighted by Gasteiger charge is 2.13. The van der Waals surface area contributed by atoms with Gasteiger partial charge in [0, 0.05) is 12.6 Å². The van der Waals surface area contributed by atoms with Gasteiger partial charge in [0.1, 0.15) is 17.4 Å². The van der Waals surface area contributed by atoms with Gasteiger partial charge in [-0.05, 0) is 46.7 Å². The summed E-state index contributed by atoms with van der Waals surface area (Å²) in [6.07, 6.45) is 0. The topological polar surface area (TPSA) is 67.4 Å². The standard InChI is InChI=1S/C21H18F2N2O3/c1-28-17-6-4-14-8-13(2-3-15(14)9-17)11-24-20(26)12-25-21(27)18-7-5-16(22)10-19(18)23/h2-10H,11-12H2,1H3,(H,24,26)(H,25,27). The molecule has 2 amide bonds. The third-order valence-electron chi connectivity index (χ3n) is 4.19. The van der Waals surface area contributed by atoms with Crippen molar-refractivity contribution in [3.63, 3.8) is 0 Å². The van der Waals surface area contributed by atoms with Crippen LogP contribution < -0.4 is 15.4 Å². The summed E-state index contributed by atoms with van der Waals surface area (Å²) in [7, 11) is 1.61. The SMILES string of the molecule is COc1ccc2cc(CNC(=O)CNC(=O)c3ccc(F)cc3F)ccc2c1. The molecule has 0 aliphatic rings. The van der Waals surface area contributed by atoms with Crippen molar-refractivity contribution in [3.05, 3.63) is 77.4 Å². The van der Waals surface area contributed by atoms with E-state index in [-0.39, 0.29) is 18.7 Å². The fraction of sp³-hybridized carbons (Fsp3) is 0.143. The highest BCUT2D eigenvalue weighted by molar-refractivity contribution is 5.96. The lowest BCUT2D eigenvalue weighted by Gasteiger charge is -2.09. The average Bonchev–Trinajstić information content (AvgIpc) is 2.69. The van der Waals surface area contributed by atoms with Gasteiger partial charge in [0.25, 0.3) is 5.91 Å². The van der Waals surface area contributed by atoms with Crippen LogP contribution in [0.1, 0.15) is 15.9 Å². The third kappa shape index (κ3) is 4.62. The fourth-order valence-corrected chi connectivity index (χ4v) is 2.70. The number of hydrogen-bond donors (Lipinski definition) is 2. The maximum absolute atomic E-state index is 13.6. The number of nitrogens with one attached hydrogen (secondary N) is 2. The van der Waals surface area contributed by atoms with Gasteiger partial charge in [-0.25, -0.2) is 8.78 Å². The molecule has 0 saturated heterocycles. The first kappa shape index (κ1) is 19.3. The Morgan fingerprint density at radius 2 is 1.68 bits per heavy atom. The molecule has 0 heterocycles. The number of methoxy groups -OCH3 is 1. The van der Waals surface area contributed by atoms with Gasteiger partial charge < -0.3 is 15.4 Å². The molecule has 0 bridgehead atoms. The Hall–Kier alpha value is -3.48. The van der Waals surface area contributed by atoms with Gasteiger partial charge in [0.15, 0.2) is 0 Å². The van der Waals surface area contributed by atoms with Crippen LogP contribution >= 0.6 is 0 Å². The van der Waals surface area contributed by atoms with Crippen molar-refractivity contribution in [3.8, 4) is 5.75 Å². The molecule has 0 fully saturated rings. The molecule has 0 unspecified atom stereocenters. The molecule has 0 atom stereocenters. The predicted octanol–water partition coefficient (Wildman–Crippen LogP) is 3.17. The predicted molar refractivity (Wildman–Crippen MR) is 101 cm³/mol. The smallest absolute Gasteiger partial charge is 0.254 e. The summed E-state index contributed by atoms with van der Waals surface area (Å²) in [4.78, 5) is 23.8. The Labute approximate surface area is 160 Å². The fourth-order valence-electron chi connectivity index (χ4n) is 2.70. The molecule has 0 aromatic heterocycles. The number of fused-ring (bicyclic) bond motifs is 1. The van der Waals surface area contributed by atoms with Gasteiger partial charge in [0.05, 0.1) is 19.2 Å². The van der Waals surface area contributed by atoms with E-state index < -0.39 is 23.4 Å². The Morgan fingerprint density at radius 3 is 2.43 bits per heavy atom. The van der Waals surface area contributed by atoms with Crippen LogP contribution in [0.4, 0.5) is 8.78 Å². The number of rotatable bonds is 6. The van der Waals surface area contributed by atoms with Gasteiger partial charge in [-0.3, -0.25) is 9.59 Å². The van der Waals surface area contributed by atoms with Gasteiger partial charge in [-0.15, -0.1) is 0 Å². The van der Waals surface area contributed by atoms with Gasteiger partial charge in [-0.2, -0.15) is 0 Å². The summed E-state index contributed by atoms with van der Waals surface area (Å²) >= 11 is 0. The van der Waals surface area contributed by atoms with Crippen LogP contribution in [0.15, 0.2) is 54.6 Å². The summed E-state index contributed by atoms with van der Waals surface area (Å²) < 4.78 is 31.6. The van der Waals surface area contributed by atoms with E-state index >= 15 is 0 Å². The quantitative estimate of drug-likeness (QED) is 0.686. The second-order valence-electron chi connectivity index (χ2n) is 6.13. The van der Waals surface area contributed by atoms with Gasteiger partial charge in [0.2, 0.25) is 5.91 Å². The zero-order chi connectivity index (χ0) is 20.1. The molecular formula is C21H18F2N2O3. The number of ether oxygens (including phenoxy) is 1. The molecule has 0 radical (unpaired) electrons. The minimum Gasteiger partial charge on any atom is -0.497 e. The van der Waals surface area contributed by atoms with E-state index in [1.807, 2.05) is 36.4 Å². The number of carbonyl (C=O) groups is 2. The van der Waals surface area contributed by atoms with Crippen LogP contribution in [0.2, 0.25) is 0 Å². The van der Waals surface area contributed by atoms with Crippen LogP contribution in [-0.2, 0) is 11.3 Å². The van der Waals surface area contributed by atoms with E-state index in [1.54, 1.807) is 7.11 Å². The molecular weight excluding hydrogens is 366 g/mol. The zero-order valence-electron chi connectivity index (χ0n) is 15.1. The molecule has 0 spiro atoms. The van der Waals surface area contributed by atoms with Crippen molar-refractivity contribution in [1.82, 2.24) is 10.6 Å². The number of benzene rings is 3. The van der Waals surface area contributed by atoms with E-state index in [0.717, 1.165) is 34.2 Å². The maximum atomic E-state index is 13.6. The first-order valence-electron chi connectivity index (χ1n) is 8.53. The molecule has 144 valence electrons. The summed E-state index contributed by atoms with van der Waals surface area (Å²) in [6.45, 7) is -0.0397. The van der Waals surface area contributed by atoms with E-state index in [2.05, 4.69) is 10.6 Å². The van der Waals surface area contributed by atoms with Crippen molar-refractivity contribution < 1.29 is 23.1 Å². The highest BCUT2D eigenvalue weighted by Crippen LogP contribution is 2.21. The number of hydrogen-bond acceptors (Lipinski definition) is 3. The van der Waals surface area contributed by atoms with E-state index in [4.69, 9.17) is 4.74 Å². The monoisotopic (exact) mass is 384 g/mol. The van der Waals surface area contributed by atoms with Crippen LogP contribution in [0.25, 0.3) is 10.8 Å². The van der Waals surface area contributed by atoms with Crippen LogP contribution in [0.3, 0.4) is 0 Å². The molecule has 0 aliphatic heterocycles. The normalized spacial score (nSPS) is 10.5. The van der Waals surface area contributed by atoms with Crippen LogP contribution in [0.5, 0.6) is 5.75 Å².